The highest BCUT2D eigenvalue weighted by Gasteiger charge is 2.42. The number of hydrogen-bond acceptors (Lipinski definition) is 14. The Bertz CT molecular complexity index is 2330. The lowest BCUT2D eigenvalue weighted by Crippen LogP contribution is -2.58. The van der Waals surface area contributed by atoms with E-state index in [0.717, 1.165) is 22.7 Å². The standard InChI is InChI=1S/C22H26F3N5O4.C22H31N5O4/c1-11(22(23,24)25)14-6-17-16(30-12(2)19(31)28-27-18(30)10-33-17)7-15(14)26-13-8-29(9-13)20(32)34-21(3,4)5;1-12(2)15-7-18-17(27-13(3)20(28)25-24-19(27)11-30-18)8-16(15)23-14-9-26(10-14)21(29)31-22(4,5)6/h6-7,12-13,26H,1,8-10H2,2-5H3,(H,28,31);7-8,12-14,23H,9-11H2,1-6H3,(H,25,28). The van der Waals surface area contributed by atoms with Gasteiger partial charge < -0.3 is 49.2 Å². The van der Waals surface area contributed by atoms with Crippen LogP contribution in [-0.4, -0.2) is 126 Å². The summed E-state index contributed by atoms with van der Waals surface area (Å²) >= 11 is 0. The van der Waals surface area contributed by atoms with Crippen molar-refractivity contribution in [1.29, 1.82) is 0 Å². The average Bonchev–Trinajstić information content (AvgIpc) is 3.17. The van der Waals surface area contributed by atoms with Gasteiger partial charge in [0.25, 0.3) is 11.8 Å². The van der Waals surface area contributed by atoms with Gasteiger partial charge in [-0.3, -0.25) is 9.59 Å². The van der Waals surface area contributed by atoms with Crippen molar-refractivity contribution in [2.45, 2.75) is 117 Å². The van der Waals surface area contributed by atoms with Gasteiger partial charge in [-0.1, -0.05) is 20.4 Å². The van der Waals surface area contributed by atoms with E-state index in [0.29, 0.717) is 37.1 Å². The van der Waals surface area contributed by atoms with Crippen LogP contribution in [0.25, 0.3) is 5.57 Å². The third-order valence-corrected chi connectivity index (χ3v) is 11.2. The Labute approximate surface area is 375 Å². The first-order valence-corrected chi connectivity index (χ1v) is 21.5. The van der Waals surface area contributed by atoms with Gasteiger partial charge >= 0.3 is 18.4 Å². The van der Waals surface area contributed by atoms with Gasteiger partial charge in [-0.15, -0.1) is 0 Å². The Morgan fingerprint density at radius 2 is 1.15 bits per heavy atom. The van der Waals surface area contributed by atoms with E-state index in [9.17, 15) is 32.3 Å². The lowest BCUT2D eigenvalue weighted by Gasteiger charge is -2.42. The van der Waals surface area contributed by atoms with Gasteiger partial charge in [0.1, 0.15) is 48.0 Å². The molecule has 2 saturated heterocycles. The molecule has 21 heteroatoms. The van der Waals surface area contributed by atoms with Crippen molar-refractivity contribution < 1.29 is 51.3 Å². The van der Waals surface area contributed by atoms with Gasteiger partial charge in [0.05, 0.1) is 29.0 Å². The smallest absolute Gasteiger partial charge is 0.416 e. The molecule has 0 aromatic heterocycles. The number of amidine groups is 2. The van der Waals surface area contributed by atoms with Gasteiger partial charge in [-0.05, 0) is 91.1 Å². The molecule has 0 radical (unpaired) electrons. The molecule has 4 amide bonds. The van der Waals surface area contributed by atoms with Crippen LogP contribution in [0.2, 0.25) is 0 Å². The summed E-state index contributed by atoms with van der Waals surface area (Å²) < 4.78 is 63.1. The number of nitrogens with one attached hydrogen (secondary N) is 4. The summed E-state index contributed by atoms with van der Waals surface area (Å²) in [7, 11) is 0. The predicted molar refractivity (Wildman–Crippen MR) is 239 cm³/mol. The van der Waals surface area contributed by atoms with Gasteiger partial charge in [-0.25, -0.2) is 20.4 Å². The number of hydrazone groups is 2. The van der Waals surface area contributed by atoms with Crippen LogP contribution in [-0.2, 0) is 19.1 Å². The molecule has 6 heterocycles. The van der Waals surface area contributed by atoms with Crippen LogP contribution in [0, 0.1) is 0 Å². The van der Waals surface area contributed by atoms with Crippen molar-refractivity contribution in [1.82, 2.24) is 20.7 Å². The number of allylic oxidation sites excluding steroid dienone is 1. The SMILES string of the molecule is C=C(c1cc2c(cc1NC1CN(C(=O)OC(C)(C)C)C1)N1C(=NNC(=O)C1C)CO2)C(F)(F)F.CC(C)c1cc2c(cc1NC1CN(C(=O)OC(C)(C)C)C1)N1C(=NNC(=O)C1C)CO2. The molecule has 2 fully saturated rings. The van der Waals surface area contributed by atoms with Crippen molar-refractivity contribution in [2.75, 3.05) is 59.8 Å². The Hall–Kier alpha value is -6.41. The molecule has 6 aliphatic rings. The summed E-state index contributed by atoms with van der Waals surface area (Å²) in [4.78, 5) is 55.5. The van der Waals surface area contributed by atoms with E-state index < -0.39 is 35.1 Å². The number of nitrogens with zero attached hydrogens (tertiary/aromatic N) is 6. The third kappa shape index (κ3) is 9.97. The quantitative estimate of drug-likeness (QED) is 0.257. The molecular weight excluding hydrogens is 854 g/mol. The van der Waals surface area contributed by atoms with Gasteiger partial charge in [0, 0.05) is 43.1 Å². The number of carbonyl (C=O) groups is 4. The molecule has 18 nitrogen and oxygen atoms in total. The fourth-order valence-corrected chi connectivity index (χ4v) is 7.81. The maximum atomic E-state index is 13.6. The predicted octanol–water partition coefficient (Wildman–Crippen LogP) is 6.20. The first kappa shape index (κ1) is 46.6. The Balaban J connectivity index is 0.000000195. The first-order valence-electron chi connectivity index (χ1n) is 21.5. The lowest BCUT2D eigenvalue weighted by atomic mass is 9.97. The number of halogens is 3. The Morgan fingerprint density at radius 3 is 1.57 bits per heavy atom. The molecule has 6 aliphatic heterocycles. The summed E-state index contributed by atoms with van der Waals surface area (Å²) in [6, 6.07) is 5.67. The molecule has 352 valence electrons. The largest absolute Gasteiger partial charge is 0.483 e. The van der Waals surface area contributed by atoms with Gasteiger partial charge in [-0.2, -0.15) is 23.4 Å². The summed E-state index contributed by atoms with van der Waals surface area (Å²) in [6.07, 6.45) is -5.44. The van der Waals surface area contributed by atoms with Gasteiger partial charge in [0.15, 0.2) is 11.7 Å². The molecule has 0 spiro atoms. The van der Waals surface area contributed by atoms with Crippen LogP contribution in [0.1, 0.15) is 86.3 Å². The molecule has 65 heavy (non-hydrogen) atoms. The van der Waals surface area contributed by atoms with E-state index >= 15 is 0 Å². The summed E-state index contributed by atoms with van der Waals surface area (Å²) in [5, 5.41) is 14.8. The molecule has 0 aliphatic carbocycles. The molecular formula is C44H57F3N10O8. The number of fused-ring (bicyclic) bond motifs is 6. The fraction of sp³-hybridized carbons (Fsp3) is 0.545. The molecule has 0 bridgehead atoms. The Kier molecular flexibility index (Phi) is 12.3. The zero-order valence-corrected chi connectivity index (χ0v) is 38.2. The summed E-state index contributed by atoms with van der Waals surface area (Å²) in [5.41, 5.74) is 6.11. The maximum Gasteiger partial charge on any atom is 0.416 e. The van der Waals surface area contributed by atoms with E-state index in [-0.39, 0.29) is 78.6 Å². The van der Waals surface area contributed by atoms with Crippen molar-refractivity contribution >= 4 is 64.0 Å². The highest BCUT2D eigenvalue weighted by molar-refractivity contribution is 6.10. The number of anilines is 4. The lowest BCUT2D eigenvalue weighted by molar-refractivity contribution is -0.123. The van der Waals surface area contributed by atoms with E-state index in [1.54, 1.807) is 37.5 Å². The molecule has 2 atom stereocenters. The number of alkyl halides is 3. The monoisotopic (exact) mass is 910 g/mol. The van der Waals surface area contributed by atoms with Crippen molar-refractivity contribution in [2.24, 2.45) is 10.2 Å². The second-order valence-corrected chi connectivity index (χ2v) is 19.0. The first-order chi connectivity index (χ1) is 30.3. The number of ether oxygens (including phenoxy) is 4. The van der Waals surface area contributed by atoms with Crippen LogP contribution < -0.4 is 40.8 Å². The average molecular weight is 911 g/mol. The second-order valence-electron chi connectivity index (χ2n) is 19.0. The number of rotatable bonds is 6. The molecule has 0 saturated carbocycles. The number of carbonyl (C=O) groups excluding carboxylic acids is 4. The zero-order chi connectivity index (χ0) is 47.5. The van der Waals surface area contributed by atoms with Crippen LogP contribution in [0.15, 0.2) is 41.0 Å². The highest BCUT2D eigenvalue weighted by atomic mass is 19.4. The van der Waals surface area contributed by atoms with Crippen molar-refractivity contribution in [3.63, 3.8) is 0 Å². The summed E-state index contributed by atoms with van der Waals surface area (Å²) in [6.45, 7) is 23.9. The minimum Gasteiger partial charge on any atom is -0.483 e. The molecule has 8 rings (SSSR count). The van der Waals surface area contributed by atoms with Gasteiger partial charge in [0.2, 0.25) is 0 Å². The molecule has 2 aromatic rings. The number of hydrogen-bond donors (Lipinski definition) is 4. The molecule has 2 aromatic carbocycles. The second kappa shape index (κ2) is 17.2. The van der Waals surface area contributed by atoms with E-state index in [1.165, 1.54) is 17.0 Å². The zero-order valence-electron chi connectivity index (χ0n) is 38.2. The topological polar surface area (TPSA) is 191 Å². The number of benzene rings is 2. The van der Waals surface area contributed by atoms with Crippen LogP contribution >= 0.6 is 0 Å². The maximum absolute atomic E-state index is 13.6. The summed E-state index contributed by atoms with van der Waals surface area (Å²) in [5.74, 6) is 1.84. The number of amides is 4. The van der Waals surface area contributed by atoms with E-state index in [4.69, 9.17) is 18.9 Å². The number of likely N-dealkylation sites (tertiary alicyclic amines) is 2. The minimum absolute atomic E-state index is 0.00416. The van der Waals surface area contributed by atoms with Crippen LogP contribution in [0.5, 0.6) is 11.5 Å². The normalized spacial score (nSPS) is 20.5. The molecule has 2 unspecified atom stereocenters. The minimum atomic E-state index is -4.66. The van der Waals surface area contributed by atoms with Crippen LogP contribution in [0.4, 0.5) is 45.5 Å². The molecule has 4 N–H and O–H groups in total. The third-order valence-electron chi connectivity index (χ3n) is 11.2. The fourth-order valence-electron chi connectivity index (χ4n) is 7.81. The highest BCUT2D eigenvalue weighted by Crippen LogP contribution is 2.45. The van der Waals surface area contributed by atoms with E-state index in [1.807, 2.05) is 44.7 Å². The Morgan fingerprint density at radius 1 is 0.738 bits per heavy atom. The van der Waals surface area contributed by atoms with Crippen molar-refractivity contribution in [3.8, 4) is 11.5 Å². The van der Waals surface area contributed by atoms with E-state index in [2.05, 4.69) is 52.1 Å². The van der Waals surface area contributed by atoms with Crippen LogP contribution in [0.3, 0.4) is 0 Å². The van der Waals surface area contributed by atoms with Crippen molar-refractivity contribution in [3.05, 3.63) is 42.0 Å².